The van der Waals surface area contributed by atoms with Crippen LogP contribution in [0.4, 0.5) is 4.79 Å². The number of sulfonamides is 1. The van der Waals surface area contributed by atoms with E-state index in [0.29, 0.717) is 36.0 Å². The van der Waals surface area contributed by atoms with Crippen LogP contribution in [0.1, 0.15) is 105 Å². The molecule has 0 aliphatic heterocycles. The molecule has 0 heterocycles. The van der Waals surface area contributed by atoms with Crippen molar-refractivity contribution < 1.29 is 28.2 Å². The van der Waals surface area contributed by atoms with Crippen LogP contribution in [0.25, 0.3) is 0 Å². The van der Waals surface area contributed by atoms with Gasteiger partial charge in [-0.2, -0.15) is 0 Å². The van der Waals surface area contributed by atoms with E-state index in [4.69, 9.17) is 4.74 Å². The summed E-state index contributed by atoms with van der Waals surface area (Å²) in [6.07, 6.45) is 9.96. The lowest BCUT2D eigenvalue weighted by atomic mass is 9.41. The molecule has 10 atom stereocenters. The minimum Gasteiger partial charge on any atom is -0.449 e. The SMILES string of the molecule is CCCCS(=O)(=O)NC(=O)OCCC[C@H]1CC[C@H]2[C@@H]3[C@H](O)[C@H](CC)[C@@H]4C[C@H](O)CC[C@]4(C)[C@H]3CC[C@]12C. The van der Waals surface area contributed by atoms with Crippen molar-refractivity contribution >= 4 is 16.1 Å². The topological polar surface area (TPSA) is 113 Å². The lowest BCUT2D eigenvalue weighted by molar-refractivity contribution is -0.202. The Hall–Kier alpha value is -0.860. The summed E-state index contributed by atoms with van der Waals surface area (Å²) in [6, 6.07) is 0. The van der Waals surface area contributed by atoms with Gasteiger partial charge in [0.05, 0.1) is 24.6 Å². The summed E-state index contributed by atoms with van der Waals surface area (Å²) < 4.78 is 31.0. The van der Waals surface area contributed by atoms with E-state index in [1.54, 1.807) is 0 Å². The summed E-state index contributed by atoms with van der Waals surface area (Å²) in [6.45, 7) is 9.24. The molecule has 0 aromatic carbocycles. The Bertz CT molecular complexity index is 910. The molecule has 37 heavy (non-hydrogen) atoms. The fourth-order valence-electron chi connectivity index (χ4n) is 9.58. The number of aliphatic hydroxyl groups excluding tert-OH is 2. The van der Waals surface area contributed by atoms with Gasteiger partial charge in [0.25, 0.3) is 0 Å². The molecule has 1 amide bonds. The molecule has 4 saturated carbocycles. The van der Waals surface area contributed by atoms with Crippen LogP contribution in [-0.2, 0) is 14.8 Å². The zero-order valence-electron chi connectivity index (χ0n) is 23.5. The molecular formula is C29H51NO6S. The highest BCUT2D eigenvalue weighted by atomic mass is 32.2. The smallest absolute Gasteiger partial charge is 0.420 e. The third kappa shape index (κ3) is 5.58. The number of ether oxygens (including phenoxy) is 1. The van der Waals surface area contributed by atoms with Gasteiger partial charge < -0.3 is 14.9 Å². The Morgan fingerprint density at radius 3 is 2.38 bits per heavy atom. The van der Waals surface area contributed by atoms with Crippen molar-refractivity contribution in [2.24, 2.45) is 46.3 Å². The maximum Gasteiger partial charge on any atom is 0.420 e. The number of hydrogen-bond donors (Lipinski definition) is 3. The van der Waals surface area contributed by atoms with Crippen molar-refractivity contribution in [3.05, 3.63) is 0 Å². The number of unbranched alkanes of at least 4 members (excludes halogenated alkanes) is 1. The van der Waals surface area contributed by atoms with Crippen LogP contribution >= 0.6 is 0 Å². The van der Waals surface area contributed by atoms with Gasteiger partial charge in [0.2, 0.25) is 10.0 Å². The van der Waals surface area contributed by atoms with E-state index in [1.165, 1.54) is 6.42 Å². The van der Waals surface area contributed by atoms with E-state index in [-0.39, 0.29) is 41.3 Å². The first kappa shape index (κ1) is 29.1. The molecule has 0 spiro atoms. The second kappa shape index (κ2) is 11.3. The molecule has 4 fully saturated rings. The van der Waals surface area contributed by atoms with Gasteiger partial charge in [-0.05, 0) is 111 Å². The molecule has 4 aliphatic carbocycles. The Morgan fingerprint density at radius 1 is 0.973 bits per heavy atom. The number of carbonyl (C=O) groups excluding carboxylic acids is 1. The lowest BCUT2D eigenvalue weighted by Crippen LogP contribution is -2.62. The van der Waals surface area contributed by atoms with Crippen molar-refractivity contribution in [3.8, 4) is 0 Å². The molecule has 4 rings (SSSR count). The fourth-order valence-corrected chi connectivity index (χ4v) is 10.7. The highest BCUT2D eigenvalue weighted by Gasteiger charge is 2.64. The third-order valence-electron chi connectivity index (χ3n) is 11.5. The van der Waals surface area contributed by atoms with Crippen LogP contribution in [0.5, 0.6) is 0 Å². The number of nitrogens with one attached hydrogen (secondary N) is 1. The van der Waals surface area contributed by atoms with Gasteiger partial charge in [-0.15, -0.1) is 0 Å². The number of aliphatic hydroxyl groups is 2. The molecule has 7 nitrogen and oxygen atoms in total. The zero-order chi connectivity index (χ0) is 27.0. The lowest BCUT2D eigenvalue weighted by Gasteiger charge is -2.64. The molecule has 0 aromatic rings. The zero-order valence-corrected chi connectivity index (χ0v) is 24.3. The number of carbonyl (C=O) groups is 1. The normalized spacial score (nSPS) is 43.4. The number of hydrogen-bond acceptors (Lipinski definition) is 6. The highest BCUT2D eigenvalue weighted by molar-refractivity contribution is 7.90. The van der Waals surface area contributed by atoms with E-state index in [2.05, 4.69) is 20.8 Å². The molecule has 4 aliphatic rings. The third-order valence-corrected chi connectivity index (χ3v) is 12.8. The minimum absolute atomic E-state index is 0.0618. The van der Waals surface area contributed by atoms with E-state index in [9.17, 15) is 23.4 Å². The first-order valence-corrected chi connectivity index (χ1v) is 16.7. The molecule has 0 bridgehead atoms. The van der Waals surface area contributed by atoms with Gasteiger partial charge in [0.15, 0.2) is 0 Å². The second-order valence-electron chi connectivity index (χ2n) is 13.3. The first-order valence-electron chi connectivity index (χ1n) is 15.0. The molecule has 8 heteroatoms. The van der Waals surface area contributed by atoms with Gasteiger partial charge in [-0.1, -0.05) is 40.5 Å². The standard InChI is InChI=1S/C29H51NO6S/c1-5-7-17-37(34,35)30-27(33)36-16-8-9-19-10-11-22-25-23(13-15-28(19,22)3)29(4)14-12-20(31)18-24(29)21(6-2)26(25)32/h19-26,31-32H,5-18H2,1-4H3,(H,30,33)/t19-,20+,21+,22-,23-,24-,25-,26+,28+,29+/m0/s1. The largest absolute Gasteiger partial charge is 0.449 e. The second-order valence-corrected chi connectivity index (χ2v) is 15.1. The van der Waals surface area contributed by atoms with Gasteiger partial charge in [-0.3, -0.25) is 0 Å². The van der Waals surface area contributed by atoms with Gasteiger partial charge in [0.1, 0.15) is 0 Å². The van der Waals surface area contributed by atoms with Gasteiger partial charge >= 0.3 is 6.09 Å². The van der Waals surface area contributed by atoms with Gasteiger partial charge in [-0.25, -0.2) is 17.9 Å². The van der Waals surface area contributed by atoms with Crippen LogP contribution in [0.3, 0.4) is 0 Å². The maximum atomic E-state index is 12.0. The molecule has 0 unspecified atom stereocenters. The van der Waals surface area contributed by atoms with Crippen LogP contribution in [0, 0.1) is 46.3 Å². The summed E-state index contributed by atoms with van der Waals surface area (Å²) in [5, 5.41) is 22.2. The van der Waals surface area contributed by atoms with Gasteiger partial charge in [0, 0.05) is 0 Å². The van der Waals surface area contributed by atoms with Crippen LogP contribution in [0.2, 0.25) is 0 Å². The van der Waals surface area contributed by atoms with E-state index >= 15 is 0 Å². The van der Waals surface area contributed by atoms with Crippen molar-refractivity contribution in [2.75, 3.05) is 12.4 Å². The molecule has 0 saturated heterocycles. The molecular weight excluding hydrogens is 490 g/mol. The average Bonchev–Trinajstić information content (AvgIpc) is 3.18. The van der Waals surface area contributed by atoms with E-state index in [0.717, 1.165) is 64.2 Å². The Kier molecular flexibility index (Phi) is 8.92. The Labute approximate surface area is 224 Å². The number of amides is 1. The maximum absolute atomic E-state index is 12.0. The number of fused-ring (bicyclic) bond motifs is 5. The molecule has 0 aromatic heterocycles. The van der Waals surface area contributed by atoms with Crippen LogP contribution in [-0.4, -0.2) is 49.3 Å². The molecule has 3 N–H and O–H groups in total. The summed E-state index contributed by atoms with van der Waals surface area (Å²) in [7, 11) is -3.62. The van der Waals surface area contributed by atoms with E-state index in [1.807, 2.05) is 11.6 Å². The van der Waals surface area contributed by atoms with Crippen LogP contribution in [0.15, 0.2) is 0 Å². The van der Waals surface area contributed by atoms with Crippen molar-refractivity contribution in [3.63, 3.8) is 0 Å². The summed E-state index contributed by atoms with van der Waals surface area (Å²) >= 11 is 0. The monoisotopic (exact) mass is 541 g/mol. The predicted octanol–water partition coefficient (Wildman–Crippen LogP) is 5.25. The van der Waals surface area contributed by atoms with E-state index < -0.39 is 16.1 Å². The summed E-state index contributed by atoms with van der Waals surface area (Å²) in [5.41, 5.74) is 0.394. The minimum atomic E-state index is -3.62. The molecule has 214 valence electrons. The summed E-state index contributed by atoms with van der Waals surface area (Å²) in [4.78, 5) is 12.0. The van der Waals surface area contributed by atoms with Crippen molar-refractivity contribution in [1.82, 2.24) is 4.72 Å². The first-order chi connectivity index (χ1) is 17.5. The number of rotatable bonds is 9. The Balaban J connectivity index is 1.36. The Morgan fingerprint density at radius 2 is 1.68 bits per heavy atom. The highest BCUT2D eigenvalue weighted by Crippen LogP contribution is 2.69. The fraction of sp³-hybridized carbons (Fsp3) is 0.966. The van der Waals surface area contributed by atoms with Crippen LogP contribution < -0.4 is 4.72 Å². The van der Waals surface area contributed by atoms with Crippen molar-refractivity contribution in [1.29, 1.82) is 0 Å². The summed E-state index contributed by atoms with van der Waals surface area (Å²) in [5.74, 6) is 2.52. The van der Waals surface area contributed by atoms with Crippen molar-refractivity contribution in [2.45, 2.75) is 117 Å². The quantitative estimate of drug-likeness (QED) is 0.344. The molecule has 0 radical (unpaired) electrons. The average molecular weight is 542 g/mol. The predicted molar refractivity (Wildman–Crippen MR) is 144 cm³/mol.